The molecule has 0 aliphatic rings. The van der Waals surface area contributed by atoms with Gasteiger partial charge in [-0.05, 0) is 41.8 Å². The van der Waals surface area contributed by atoms with Crippen LogP contribution in [0.15, 0.2) is 64.0 Å². The SMILES string of the molecule is NS(=O)(=O)c1ccc(CCNC(=O)/C=C/c2ccccc2Br)cc1. The zero-order valence-electron chi connectivity index (χ0n) is 12.8. The highest BCUT2D eigenvalue weighted by Crippen LogP contribution is 2.16. The Morgan fingerprint density at radius 3 is 2.42 bits per heavy atom. The van der Waals surface area contributed by atoms with E-state index in [1.54, 1.807) is 18.2 Å². The number of nitrogens with one attached hydrogen (secondary N) is 1. The summed E-state index contributed by atoms with van der Waals surface area (Å²) >= 11 is 3.41. The van der Waals surface area contributed by atoms with Crippen LogP contribution in [-0.4, -0.2) is 20.9 Å². The van der Waals surface area contributed by atoms with E-state index in [0.717, 1.165) is 15.6 Å². The lowest BCUT2D eigenvalue weighted by Gasteiger charge is -2.04. The van der Waals surface area contributed by atoms with E-state index in [-0.39, 0.29) is 10.8 Å². The van der Waals surface area contributed by atoms with Crippen LogP contribution in [0.5, 0.6) is 0 Å². The molecule has 0 radical (unpaired) electrons. The van der Waals surface area contributed by atoms with Gasteiger partial charge in [-0.1, -0.05) is 46.3 Å². The molecule has 7 heteroatoms. The van der Waals surface area contributed by atoms with E-state index >= 15 is 0 Å². The molecular weight excluding hydrogens is 392 g/mol. The van der Waals surface area contributed by atoms with Crippen molar-refractivity contribution < 1.29 is 13.2 Å². The number of benzene rings is 2. The number of halogens is 1. The lowest BCUT2D eigenvalue weighted by atomic mass is 10.1. The van der Waals surface area contributed by atoms with Crippen LogP contribution in [-0.2, 0) is 21.2 Å². The molecule has 0 atom stereocenters. The van der Waals surface area contributed by atoms with Crippen molar-refractivity contribution in [2.75, 3.05) is 6.54 Å². The maximum atomic E-state index is 11.8. The second-order valence-electron chi connectivity index (χ2n) is 5.08. The van der Waals surface area contributed by atoms with Crippen molar-refractivity contribution in [3.63, 3.8) is 0 Å². The van der Waals surface area contributed by atoms with Crippen molar-refractivity contribution in [2.45, 2.75) is 11.3 Å². The summed E-state index contributed by atoms with van der Waals surface area (Å²) in [4.78, 5) is 11.9. The second-order valence-corrected chi connectivity index (χ2v) is 7.50. The number of carbonyl (C=O) groups excluding carboxylic acids is 1. The molecule has 0 saturated heterocycles. The first-order valence-corrected chi connectivity index (χ1v) is 9.52. The van der Waals surface area contributed by atoms with Crippen molar-refractivity contribution in [1.29, 1.82) is 0 Å². The molecule has 0 aliphatic carbocycles. The predicted molar refractivity (Wildman–Crippen MR) is 97.7 cm³/mol. The van der Waals surface area contributed by atoms with Gasteiger partial charge in [-0.3, -0.25) is 4.79 Å². The Kier molecular flexibility index (Phi) is 6.30. The first-order chi connectivity index (χ1) is 11.4. The number of sulfonamides is 1. The van der Waals surface area contributed by atoms with Crippen molar-refractivity contribution in [2.24, 2.45) is 5.14 Å². The Balaban J connectivity index is 1.83. The predicted octanol–water partition coefficient (Wildman–Crippen LogP) is 2.47. The zero-order chi connectivity index (χ0) is 17.6. The van der Waals surface area contributed by atoms with Crippen molar-refractivity contribution >= 4 is 37.9 Å². The normalized spacial score (nSPS) is 11.6. The lowest BCUT2D eigenvalue weighted by Crippen LogP contribution is -2.23. The molecule has 5 nitrogen and oxygen atoms in total. The van der Waals surface area contributed by atoms with E-state index in [4.69, 9.17) is 5.14 Å². The first kappa shape index (κ1) is 18.4. The quantitative estimate of drug-likeness (QED) is 0.719. The minimum Gasteiger partial charge on any atom is -0.352 e. The first-order valence-electron chi connectivity index (χ1n) is 7.18. The summed E-state index contributed by atoms with van der Waals surface area (Å²) in [6.45, 7) is 0.452. The zero-order valence-corrected chi connectivity index (χ0v) is 15.2. The van der Waals surface area contributed by atoms with Gasteiger partial charge >= 0.3 is 0 Å². The average molecular weight is 409 g/mol. The monoisotopic (exact) mass is 408 g/mol. The Bertz CT molecular complexity index is 846. The van der Waals surface area contributed by atoms with Gasteiger partial charge in [-0.2, -0.15) is 0 Å². The molecule has 0 fully saturated rings. The molecule has 2 aromatic carbocycles. The fraction of sp³-hybridized carbons (Fsp3) is 0.118. The molecular formula is C17H17BrN2O3S. The molecule has 1 amide bonds. The topological polar surface area (TPSA) is 89.3 Å². The van der Waals surface area contributed by atoms with Crippen LogP contribution in [0.3, 0.4) is 0 Å². The summed E-state index contributed by atoms with van der Waals surface area (Å²) in [6, 6.07) is 13.9. The summed E-state index contributed by atoms with van der Waals surface area (Å²) in [5, 5.41) is 7.82. The van der Waals surface area contributed by atoms with Crippen molar-refractivity contribution in [3.8, 4) is 0 Å². The Labute approximate surface area is 149 Å². The minimum atomic E-state index is -3.67. The Hall–Kier alpha value is -1.96. The highest BCUT2D eigenvalue weighted by molar-refractivity contribution is 9.10. The minimum absolute atomic E-state index is 0.0756. The summed E-state index contributed by atoms with van der Waals surface area (Å²) in [5.74, 6) is -0.188. The van der Waals surface area contributed by atoms with Crippen molar-refractivity contribution in [1.82, 2.24) is 5.32 Å². The maximum absolute atomic E-state index is 11.8. The highest BCUT2D eigenvalue weighted by atomic mass is 79.9. The third-order valence-corrected chi connectivity index (χ3v) is 4.94. The molecule has 126 valence electrons. The Morgan fingerprint density at radius 2 is 1.79 bits per heavy atom. The molecule has 0 unspecified atom stereocenters. The summed E-state index contributed by atoms with van der Waals surface area (Å²) in [5.41, 5.74) is 1.84. The second kappa shape index (κ2) is 8.23. The molecule has 2 aromatic rings. The third kappa shape index (κ3) is 5.59. The number of nitrogens with two attached hydrogens (primary N) is 1. The van der Waals surface area contributed by atoms with E-state index in [1.165, 1.54) is 18.2 Å². The molecule has 2 rings (SSSR count). The molecule has 0 saturated carbocycles. The van der Waals surface area contributed by atoms with E-state index < -0.39 is 10.0 Å². The number of hydrogen-bond acceptors (Lipinski definition) is 3. The molecule has 3 N–H and O–H groups in total. The van der Waals surface area contributed by atoms with Gasteiger partial charge in [0, 0.05) is 17.1 Å². The van der Waals surface area contributed by atoms with Crippen molar-refractivity contribution in [3.05, 3.63) is 70.2 Å². The number of primary sulfonamides is 1. The maximum Gasteiger partial charge on any atom is 0.244 e. The molecule has 0 aromatic heterocycles. The van der Waals surface area contributed by atoms with Crippen LogP contribution < -0.4 is 10.5 Å². The summed E-state index contributed by atoms with van der Waals surface area (Å²) < 4.78 is 23.3. The van der Waals surface area contributed by atoms with Gasteiger partial charge in [0.25, 0.3) is 0 Å². The smallest absolute Gasteiger partial charge is 0.244 e. The third-order valence-electron chi connectivity index (χ3n) is 3.28. The van der Waals surface area contributed by atoms with Crippen LogP contribution in [0.1, 0.15) is 11.1 Å². The van der Waals surface area contributed by atoms with Gasteiger partial charge < -0.3 is 5.32 Å². The van der Waals surface area contributed by atoms with Crippen LogP contribution in [0.4, 0.5) is 0 Å². The lowest BCUT2D eigenvalue weighted by molar-refractivity contribution is -0.116. The molecule has 0 bridgehead atoms. The summed E-state index contributed by atoms with van der Waals surface area (Å²) in [7, 11) is -3.67. The average Bonchev–Trinajstić information content (AvgIpc) is 2.54. The summed E-state index contributed by atoms with van der Waals surface area (Å²) in [6.07, 6.45) is 3.81. The van der Waals surface area contributed by atoms with Gasteiger partial charge in [-0.25, -0.2) is 13.6 Å². The van der Waals surface area contributed by atoms with Crippen LogP contribution in [0.2, 0.25) is 0 Å². The van der Waals surface area contributed by atoms with E-state index in [0.29, 0.717) is 13.0 Å². The fourth-order valence-corrected chi connectivity index (χ4v) is 2.94. The van der Waals surface area contributed by atoms with E-state index in [1.807, 2.05) is 24.3 Å². The molecule has 0 aliphatic heterocycles. The van der Waals surface area contributed by atoms with Crippen LogP contribution in [0, 0.1) is 0 Å². The number of hydrogen-bond donors (Lipinski definition) is 2. The van der Waals surface area contributed by atoms with Gasteiger partial charge in [0.15, 0.2) is 0 Å². The van der Waals surface area contributed by atoms with Crippen LogP contribution >= 0.6 is 15.9 Å². The highest BCUT2D eigenvalue weighted by Gasteiger charge is 2.06. The standard InChI is InChI=1S/C17H17BrN2O3S/c18-16-4-2-1-3-14(16)7-10-17(21)20-12-11-13-5-8-15(9-6-13)24(19,22)23/h1-10H,11-12H2,(H,20,21)(H2,19,22,23)/b10-7+. The number of amides is 1. The van der Waals surface area contributed by atoms with Gasteiger partial charge in [-0.15, -0.1) is 0 Å². The van der Waals surface area contributed by atoms with Gasteiger partial charge in [0.2, 0.25) is 15.9 Å². The number of rotatable bonds is 6. The van der Waals surface area contributed by atoms with E-state index in [2.05, 4.69) is 21.2 Å². The van der Waals surface area contributed by atoms with Gasteiger partial charge in [0.05, 0.1) is 4.90 Å². The van der Waals surface area contributed by atoms with Gasteiger partial charge in [0.1, 0.15) is 0 Å². The molecule has 0 heterocycles. The van der Waals surface area contributed by atoms with E-state index in [9.17, 15) is 13.2 Å². The largest absolute Gasteiger partial charge is 0.352 e. The molecule has 24 heavy (non-hydrogen) atoms. The van der Waals surface area contributed by atoms with Crippen LogP contribution in [0.25, 0.3) is 6.08 Å². The number of carbonyl (C=O) groups is 1. The Morgan fingerprint density at radius 1 is 1.12 bits per heavy atom. The molecule has 0 spiro atoms. The fourth-order valence-electron chi connectivity index (χ4n) is 2.01.